The number of ether oxygens (including phenoxy) is 2. The van der Waals surface area contributed by atoms with E-state index in [1.54, 1.807) is 18.3 Å². The molecule has 2 aliphatic heterocycles. The number of fused-ring (bicyclic) bond motifs is 1. The molecule has 0 spiro atoms. The van der Waals surface area contributed by atoms with Crippen molar-refractivity contribution in [1.29, 1.82) is 0 Å². The van der Waals surface area contributed by atoms with Gasteiger partial charge in [0.25, 0.3) is 5.69 Å². The number of non-ortho nitro benzene ring substituents is 1. The van der Waals surface area contributed by atoms with Crippen molar-refractivity contribution in [1.82, 2.24) is 15.0 Å². The zero-order chi connectivity index (χ0) is 24.9. The van der Waals surface area contributed by atoms with Crippen LogP contribution >= 0.6 is 15.9 Å². The summed E-state index contributed by atoms with van der Waals surface area (Å²) in [6.45, 7) is 1.90. The molecular formula is C23H23BrN8O4. The summed E-state index contributed by atoms with van der Waals surface area (Å²) in [4.78, 5) is 26.3. The van der Waals surface area contributed by atoms with E-state index in [0.717, 1.165) is 36.0 Å². The van der Waals surface area contributed by atoms with Crippen molar-refractivity contribution in [3.63, 3.8) is 0 Å². The lowest BCUT2D eigenvalue weighted by Gasteiger charge is -2.21. The monoisotopic (exact) mass is 554 g/mol. The summed E-state index contributed by atoms with van der Waals surface area (Å²) in [5.41, 5.74) is 4.31. The Morgan fingerprint density at radius 3 is 2.42 bits per heavy atom. The van der Waals surface area contributed by atoms with Gasteiger partial charge in [-0.25, -0.2) is 5.43 Å². The molecular weight excluding hydrogens is 532 g/mol. The van der Waals surface area contributed by atoms with Crippen LogP contribution in [0.15, 0.2) is 46.0 Å². The van der Waals surface area contributed by atoms with E-state index in [1.807, 2.05) is 12.1 Å². The van der Waals surface area contributed by atoms with E-state index in [2.05, 4.69) is 51.6 Å². The van der Waals surface area contributed by atoms with E-state index in [0.29, 0.717) is 29.1 Å². The minimum absolute atomic E-state index is 0.00724. The summed E-state index contributed by atoms with van der Waals surface area (Å²) in [5.74, 6) is 2.44. The fraction of sp³-hybridized carbons (Fsp3) is 0.304. The van der Waals surface area contributed by atoms with Crippen LogP contribution in [0.2, 0.25) is 0 Å². The highest BCUT2D eigenvalue weighted by molar-refractivity contribution is 9.10. The third kappa shape index (κ3) is 5.62. The Bertz CT molecular complexity index is 1280. The second-order valence-corrected chi connectivity index (χ2v) is 9.06. The van der Waals surface area contributed by atoms with Crippen molar-refractivity contribution < 1.29 is 14.4 Å². The third-order valence-electron chi connectivity index (χ3n) is 5.71. The first-order chi connectivity index (χ1) is 17.5. The van der Waals surface area contributed by atoms with Crippen LogP contribution in [-0.2, 0) is 0 Å². The Morgan fingerprint density at radius 2 is 1.69 bits per heavy atom. The lowest BCUT2D eigenvalue weighted by atomic mass is 10.2. The van der Waals surface area contributed by atoms with Gasteiger partial charge in [0.05, 0.1) is 11.1 Å². The Hall–Kier alpha value is -4.00. The molecule has 0 radical (unpaired) electrons. The molecule has 3 aromatic rings. The number of hydrogen-bond acceptors (Lipinski definition) is 11. The molecule has 2 aliphatic rings. The van der Waals surface area contributed by atoms with Gasteiger partial charge in [0.1, 0.15) is 0 Å². The molecule has 12 nitrogen and oxygen atoms in total. The SMILES string of the molecule is O=[N+]([O-])c1ccc(Nc2nc(N/N=C/c3cc4c(cc3Br)OCO4)nc(N3CCCCCC3)n2)cc1. The van der Waals surface area contributed by atoms with Crippen molar-refractivity contribution in [2.24, 2.45) is 5.10 Å². The van der Waals surface area contributed by atoms with Crippen LogP contribution in [0.4, 0.5) is 29.2 Å². The van der Waals surface area contributed by atoms with Crippen LogP contribution < -0.4 is 25.1 Å². The smallest absolute Gasteiger partial charge is 0.269 e. The van der Waals surface area contributed by atoms with Crippen LogP contribution in [0, 0.1) is 10.1 Å². The Labute approximate surface area is 215 Å². The molecule has 36 heavy (non-hydrogen) atoms. The fourth-order valence-corrected chi connectivity index (χ4v) is 4.29. The lowest BCUT2D eigenvalue weighted by molar-refractivity contribution is -0.384. The molecule has 2 N–H and O–H groups in total. The van der Waals surface area contributed by atoms with Gasteiger partial charge in [-0.1, -0.05) is 12.8 Å². The normalized spacial score (nSPS) is 15.1. The van der Waals surface area contributed by atoms with Crippen LogP contribution in [0.3, 0.4) is 0 Å². The Kier molecular flexibility index (Phi) is 7.07. The summed E-state index contributed by atoms with van der Waals surface area (Å²) in [6.07, 6.45) is 6.11. The van der Waals surface area contributed by atoms with Gasteiger partial charge in [-0.3, -0.25) is 10.1 Å². The topological polar surface area (TPSA) is 140 Å². The van der Waals surface area contributed by atoms with Gasteiger partial charge in [-0.15, -0.1) is 0 Å². The number of benzene rings is 2. The maximum absolute atomic E-state index is 11.0. The second-order valence-electron chi connectivity index (χ2n) is 8.21. The quantitative estimate of drug-likeness (QED) is 0.236. The highest BCUT2D eigenvalue weighted by atomic mass is 79.9. The first kappa shape index (κ1) is 23.7. The highest BCUT2D eigenvalue weighted by Crippen LogP contribution is 2.36. The first-order valence-electron chi connectivity index (χ1n) is 11.5. The number of nitrogens with one attached hydrogen (secondary N) is 2. The summed E-state index contributed by atoms with van der Waals surface area (Å²) in [7, 11) is 0. The molecule has 5 rings (SSSR count). The lowest BCUT2D eigenvalue weighted by Crippen LogP contribution is -2.26. The summed E-state index contributed by atoms with van der Waals surface area (Å²) < 4.78 is 11.6. The van der Waals surface area contributed by atoms with E-state index in [9.17, 15) is 10.1 Å². The van der Waals surface area contributed by atoms with E-state index in [-0.39, 0.29) is 18.4 Å². The van der Waals surface area contributed by atoms with Crippen molar-refractivity contribution >= 4 is 51.4 Å². The van der Waals surface area contributed by atoms with Gasteiger partial charge in [-0.2, -0.15) is 20.1 Å². The predicted octanol–water partition coefficient (Wildman–Crippen LogP) is 4.84. The first-order valence-corrected chi connectivity index (χ1v) is 12.3. The average molecular weight is 555 g/mol. The number of nitro groups is 1. The van der Waals surface area contributed by atoms with Gasteiger partial charge in [0, 0.05) is 40.9 Å². The van der Waals surface area contributed by atoms with Gasteiger partial charge in [0.2, 0.25) is 24.6 Å². The molecule has 2 aromatic carbocycles. The number of hydrazone groups is 1. The van der Waals surface area contributed by atoms with Gasteiger partial charge in [-0.05, 0) is 53.0 Å². The summed E-state index contributed by atoms with van der Waals surface area (Å²) in [6, 6.07) is 9.72. The second kappa shape index (κ2) is 10.7. The molecule has 13 heteroatoms. The molecule has 1 saturated heterocycles. The van der Waals surface area contributed by atoms with Gasteiger partial charge >= 0.3 is 0 Å². The van der Waals surface area contributed by atoms with Crippen molar-refractivity contribution in [2.45, 2.75) is 25.7 Å². The molecule has 3 heterocycles. The van der Waals surface area contributed by atoms with Gasteiger partial charge in [0.15, 0.2) is 11.5 Å². The summed E-state index contributed by atoms with van der Waals surface area (Å²) in [5, 5.41) is 18.4. The average Bonchev–Trinajstić information content (AvgIpc) is 3.14. The zero-order valence-corrected chi connectivity index (χ0v) is 20.8. The molecule has 186 valence electrons. The van der Waals surface area contributed by atoms with Crippen molar-refractivity contribution in [3.05, 3.63) is 56.5 Å². The predicted molar refractivity (Wildman–Crippen MR) is 138 cm³/mol. The standard InChI is InChI=1S/C23H23BrN8O4/c24-18-12-20-19(35-14-36-20)11-15(18)13-25-30-22-27-21(26-16-5-7-17(8-6-16)32(33)34)28-23(29-22)31-9-3-1-2-4-10-31/h5-8,11-13H,1-4,9-10,14H2,(H2,26,27,28,29,30)/b25-13+. The number of anilines is 4. The van der Waals surface area contributed by atoms with Crippen LogP contribution in [-0.4, -0.2) is 46.0 Å². The van der Waals surface area contributed by atoms with Crippen molar-refractivity contribution in [2.75, 3.05) is 35.5 Å². The van der Waals surface area contributed by atoms with Crippen LogP contribution in [0.1, 0.15) is 31.2 Å². The minimum Gasteiger partial charge on any atom is -0.454 e. The fourth-order valence-electron chi connectivity index (χ4n) is 3.87. The molecule has 1 aromatic heterocycles. The maximum Gasteiger partial charge on any atom is 0.269 e. The highest BCUT2D eigenvalue weighted by Gasteiger charge is 2.17. The molecule has 0 saturated carbocycles. The Morgan fingerprint density at radius 1 is 1.00 bits per heavy atom. The number of hydrogen-bond donors (Lipinski definition) is 2. The maximum atomic E-state index is 11.0. The molecule has 0 aliphatic carbocycles. The molecule has 0 atom stereocenters. The largest absolute Gasteiger partial charge is 0.454 e. The number of aromatic nitrogens is 3. The summed E-state index contributed by atoms with van der Waals surface area (Å²) >= 11 is 3.52. The van der Waals surface area contributed by atoms with Gasteiger partial charge < -0.3 is 19.7 Å². The molecule has 0 amide bonds. The number of nitrogens with zero attached hydrogens (tertiary/aromatic N) is 6. The van der Waals surface area contributed by atoms with Crippen LogP contribution in [0.5, 0.6) is 11.5 Å². The number of nitro benzene ring substituents is 1. The Balaban J connectivity index is 1.38. The van der Waals surface area contributed by atoms with E-state index in [1.165, 1.54) is 25.0 Å². The molecule has 1 fully saturated rings. The number of rotatable bonds is 7. The molecule has 0 bridgehead atoms. The van der Waals surface area contributed by atoms with Crippen LogP contribution in [0.25, 0.3) is 0 Å². The third-order valence-corrected chi connectivity index (χ3v) is 6.39. The van der Waals surface area contributed by atoms with E-state index >= 15 is 0 Å². The molecule has 0 unspecified atom stereocenters. The van der Waals surface area contributed by atoms with E-state index < -0.39 is 4.92 Å². The minimum atomic E-state index is -0.442. The zero-order valence-electron chi connectivity index (χ0n) is 19.2. The van der Waals surface area contributed by atoms with Crippen molar-refractivity contribution in [3.8, 4) is 11.5 Å². The number of halogens is 1. The van der Waals surface area contributed by atoms with E-state index in [4.69, 9.17) is 9.47 Å².